The molecule has 4 heteroatoms. The van der Waals surface area contributed by atoms with Crippen molar-refractivity contribution >= 4 is 11.7 Å². The highest BCUT2D eigenvalue weighted by Gasteiger charge is 2.49. The number of fused-ring (bicyclic) bond motifs is 2. The van der Waals surface area contributed by atoms with E-state index in [4.69, 9.17) is 5.73 Å². The van der Waals surface area contributed by atoms with Crippen LogP contribution in [0.2, 0.25) is 0 Å². The van der Waals surface area contributed by atoms with Crippen LogP contribution in [0, 0.1) is 11.8 Å². The van der Waals surface area contributed by atoms with E-state index in [9.17, 15) is 9.90 Å². The van der Waals surface area contributed by atoms with Crippen LogP contribution in [0.1, 0.15) is 43.7 Å². The third-order valence-corrected chi connectivity index (χ3v) is 7.48. The summed E-state index contributed by atoms with van der Waals surface area (Å²) < 4.78 is 0. The quantitative estimate of drug-likeness (QED) is 0.718. The molecular weight excluding hydrogens is 360 g/mol. The number of carboxylic acids is 1. The van der Waals surface area contributed by atoms with Crippen LogP contribution < -0.4 is 5.73 Å². The van der Waals surface area contributed by atoms with E-state index in [1.54, 1.807) is 0 Å². The first-order chi connectivity index (χ1) is 14.0. The summed E-state index contributed by atoms with van der Waals surface area (Å²) in [6.07, 6.45) is 5.22. The van der Waals surface area contributed by atoms with Crippen molar-refractivity contribution in [2.24, 2.45) is 11.8 Å². The Morgan fingerprint density at radius 3 is 2.72 bits per heavy atom. The second-order valence-electron chi connectivity index (χ2n) is 9.00. The van der Waals surface area contributed by atoms with Gasteiger partial charge in [0.1, 0.15) is 0 Å². The molecule has 1 saturated heterocycles. The standard InChI is InChI=1S/C25H32N2O2/c1-18-23-11-6-12-25(18,21-9-5-10-22(26)16-21)13-14-27(23)17-20(24(28)29)15-19-7-3-2-4-8-19/h2-5,7-10,16,18,20,23H,6,11-15,17,26H2,1H3,(H,28,29)/t18-,20?,23?,25?/m0/s1. The topological polar surface area (TPSA) is 66.6 Å². The summed E-state index contributed by atoms with van der Waals surface area (Å²) in [6, 6.07) is 18.9. The lowest BCUT2D eigenvalue weighted by Crippen LogP contribution is -2.58. The first kappa shape index (κ1) is 20.0. The molecule has 1 heterocycles. The van der Waals surface area contributed by atoms with Gasteiger partial charge in [-0.1, -0.05) is 55.8 Å². The normalized spacial score (nSPS) is 28.0. The van der Waals surface area contributed by atoms with E-state index < -0.39 is 5.97 Å². The fourth-order valence-electron chi connectivity index (χ4n) is 5.87. The number of anilines is 1. The minimum atomic E-state index is -0.690. The first-order valence-corrected chi connectivity index (χ1v) is 10.9. The Morgan fingerprint density at radius 2 is 2.00 bits per heavy atom. The van der Waals surface area contributed by atoms with E-state index in [0.29, 0.717) is 24.9 Å². The number of hydrogen-bond acceptors (Lipinski definition) is 3. The largest absolute Gasteiger partial charge is 0.481 e. The van der Waals surface area contributed by atoms with Crippen LogP contribution in [-0.4, -0.2) is 35.1 Å². The molecule has 0 radical (unpaired) electrons. The molecule has 2 bridgehead atoms. The molecule has 0 aromatic heterocycles. The van der Waals surface area contributed by atoms with E-state index >= 15 is 0 Å². The van der Waals surface area contributed by atoms with Crippen LogP contribution in [0.25, 0.3) is 0 Å². The lowest BCUT2D eigenvalue weighted by molar-refractivity contribution is -0.143. The van der Waals surface area contributed by atoms with E-state index in [2.05, 4.69) is 30.0 Å². The Balaban J connectivity index is 1.53. The number of carbonyl (C=O) groups is 1. The Bertz CT molecular complexity index is 853. The second-order valence-corrected chi connectivity index (χ2v) is 9.00. The zero-order chi connectivity index (χ0) is 20.4. The zero-order valence-electron chi connectivity index (χ0n) is 17.3. The van der Waals surface area contributed by atoms with Gasteiger partial charge in [0, 0.05) is 23.7 Å². The molecule has 4 nitrogen and oxygen atoms in total. The smallest absolute Gasteiger partial charge is 0.308 e. The number of benzene rings is 2. The van der Waals surface area contributed by atoms with Gasteiger partial charge in [-0.05, 0) is 61.4 Å². The summed E-state index contributed by atoms with van der Waals surface area (Å²) in [6.45, 7) is 3.96. The predicted octanol–water partition coefficient (Wildman–Crippen LogP) is 4.34. The van der Waals surface area contributed by atoms with Crippen molar-refractivity contribution < 1.29 is 9.90 Å². The maximum absolute atomic E-state index is 12.0. The molecule has 29 heavy (non-hydrogen) atoms. The third-order valence-electron chi connectivity index (χ3n) is 7.48. The van der Waals surface area contributed by atoms with Crippen molar-refractivity contribution in [3.63, 3.8) is 0 Å². The van der Waals surface area contributed by atoms with Crippen LogP contribution in [0.3, 0.4) is 0 Å². The minimum Gasteiger partial charge on any atom is -0.481 e. The lowest BCUT2D eigenvalue weighted by atomic mass is 9.57. The lowest BCUT2D eigenvalue weighted by Gasteiger charge is -2.56. The molecule has 2 aromatic carbocycles. The Morgan fingerprint density at radius 1 is 1.21 bits per heavy atom. The summed E-state index contributed by atoms with van der Waals surface area (Å²) in [5, 5.41) is 9.87. The highest BCUT2D eigenvalue weighted by molar-refractivity contribution is 5.70. The summed E-state index contributed by atoms with van der Waals surface area (Å²) in [4.78, 5) is 14.5. The van der Waals surface area contributed by atoms with Gasteiger partial charge in [-0.15, -0.1) is 0 Å². The molecule has 2 fully saturated rings. The molecule has 2 aliphatic rings. The average molecular weight is 393 g/mol. The Kier molecular flexibility index (Phi) is 5.64. The fraction of sp³-hybridized carbons (Fsp3) is 0.480. The van der Waals surface area contributed by atoms with Gasteiger partial charge in [-0.2, -0.15) is 0 Å². The fourth-order valence-corrected chi connectivity index (χ4v) is 5.87. The summed E-state index contributed by atoms with van der Waals surface area (Å²) in [5.74, 6) is -0.561. The van der Waals surface area contributed by atoms with Crippen molar-refractivity contribution in [1.82, 2.24) is 4.90 Å². The molecule has 3 N–H and O–H groups in total. The maximum Gasteiger partial charge on any atom is 0.308 e. The molecule has 0 spiro atoms. The monoisotopic (exact) mass is 392 g/mol. The number of nitrogens with two attached hydrogens (primary N) is 1. The summed E-state index contributed by atoms with van der Waals surface area (Å²) in [7, 11) is 0. The van der Waals surface area contributed by atoms with Gasteiger partial charge in [0.15, 0.2) is 0 Å². The first-order valence-electron chi connectivity index (χ1n) is 10.9. The van der Waals surface area contributed by atoms with Gasteiger partial charge in [0.2, 0.25) is 0 Å². The van der Waals surface area contributed by atoms with Gasteiger partial charge in [0.25, 0.3) is 0 Å². The number of aliphatic carboxylic acids is 1. The van der Waals surface area contributed by atoms with Crippen molar-refractivity contribution in [2.75, 3.05) is 18.8 Å². The molecule has 1 saturated carbocycles. The third kappa shape index (κ3) is 3.91. The van der Waals surface area contributed by atoms with Crippen LogP contribution in [0.5, 0.6) is 0 Å². The van der Waals surface area contributed by atoms with E-state index in [0.717, 1.165) is 30.6 Å². The highest BCUT2D eigenvalue weighted by Crippen LogP contribution is 2.51. The van der Waals surface area contributed by atoms with Crippen molar-refractivity contribution in [3.05, 3.63) is 65.7 Å². The van der Waals surface area contributed by atoms with Crippen molar-refractivity contribution in [2.45, 2.75) is 50.5 Å². The SMILES string of the molecule is C[C@H]1C2CCCC1(c1cccc(N)c1)CCN2CC(Cc1ccccc1)C(=O)O. The number of carboxylic acid groups (broad SMARTS) is 1. The Hall–Kier alpha value is -2.33. The van der Waals surface area contributed by atoms with Crippen LogP contribution >= 0.6 is 0 Å². The number of hydrogen-bond donors (Lipinski definition) is 2. The molecule has 4 rings (SSSR count). The molecule has 1 aliphatic heterocycles. The number of nitrogens with zero attached hydrogens (tertiary/aromatic N) is 1. The van der Waals surface area contributed by atoms with E-state index in [1.165, 1.54) is 18.4 Å². The maximum atomic E-state index is 12.0. The number of nitrogen functional groups attached to an aromatic ring is 1. The van der Waals surface area contributed by atoms with E-state index in [1.807, 2.05) is 36.4 Å². The van der Waals surface area contributed by atoms with Gasteiger partial charge in [0.05, 0.1) is 5.92 Å². The molecule has 1 aliphatic carbocycles. The molecular formula is C25H32N2O2. The second kappa shape index (κ2) is 8.19. The highest BCUT2D eigenvalue weighted by atomic mass is 16.4. The van der Waals surface area contributed by atoms with Gasteiger partial charge in [-0.25, -0.2) is 0 Å². The zero-order valence-corrected chi connectivity index (χ0v) is 17.3. The minimum absolute atomic E-state index is 0.174. The predicted molar refractivity (Wildman–Crippen MR) is 117 cm³/mol. The number of likely N-dealkylation sites (tertiary alicyclic amines) is 1. The molecule has 4 atom stereocenters. The molecule has 2 aromatic rings. The summed E-state index contributed by atoms with van der Waals surface area (Å²) >= 11 is 0. The average Bonchev–Trinajstić information content (AvgIpc) is 2.70. The number of piperidine rings is 1. The van der Waals surface area contributed by atoms with Crippen LogP contribution in [0.15, 0.2) is 54.6 Å². The van der Waals surface area contributed by atoms with Crippen LogP contribution in [-0.2, 0) is 16.6 Å². The number of rotatable bonds is 6. The molecule has 3 unspecified atom stereocenters. The molecule has 154 valence electrons. The van der Waals surface area contributed by atoms with Crippen LogP contribution in [0.4, 0.5) is 5.69 Å². The van der Waals surface area contributed by atoms with Crippen molar-refractivity contribution in [3.8, 4) is 0 Å². The molecule has 0 amide bonds. The summed E-state index contributed by atoms with van der Waals surface area (Å²) in [5.41, 5.74) is 9.58. The van der Waals surface area contributed by atoms with Crippen molar-refractivity contribution in [1.29, 1.82) is 0 Å². The van der Waals surface area contributed by atoms with Gasteiger partial charge >= 0.3 is 5.97 Å². The van der Waals surface area contributed by atoms with Gasteiger partial charge < -0.3 is 10.8 Å². The van der Waals surface area contributed by atoms with E-state index in [-0.39, 0.29) is 11.3 Å². The van der Waals surface area contributed by atoms with Gasteiger partial charge in [-0.3, -0.25) is 9.69 Å². The Labute approximate surface area is 173 Å².